The molecular weight excluding hydrogens is 250 g/mol. The minimum atomic E-state index is -0.532. The molecule has 0 bridgehead atoms. The first kappa shape index (κ1) is 13.3. The summed E-state index contributed by atoms with van der Waals surface area (Å²) in [4.78, 5) is 21.9. The Morgan fingerprint density at radius 2 is 2.26 bits per heavy atom. The second-order valence-electron chi connectivity index (χ2n) is 4.24. The molecule has 1 aromatic rings. The van der Waals surface area contributed by atoms with E-state index in [0.29, 0.717) is 6.54 Å². The van der Waals surface area contributed by atoms with Gasteiger partial charge in [0.15, 0.2) is 0 Å². The van der Waals surface area contributed by atoms with Gasteiger partial charge < -0.3 is 15.4 Å². The fraction of sp³-hybridized carbons (Fsp3) is 0.417. The summed E-state index contributed by atoms with van der Waals surface area (Å²) >= 11 is 0. The van der Waals surface area contributed by atoms with Gasteiger partial charge in [-0.3, -0.25) is 10.1 Å². The van der Waals surface area contributed by atoms with Crippen LogP contribution in [0.2, 0.25) is 0 Å². The van der Waals surface area contributed by atoms with Crippen LogP contribution in [0.25, 0.3) is 0 Å². The number of para-hydroxylation sites is 2. The molecule has 0 radical (unpaired) electrons. The number of nitrogens with zero attached hydrogens (tertiary/aromatic N) is 1. The van der Waals surface area contributed by atoms with Gasteiger partial charge in [-0.05, 0) is 18.9 Å². The van der Waals surface area contributed by atoms with Crippen molar-refractivity contribution in [1.29, 1.82) is 0 Å². The summed E-state index contributed by atoms with van der Waals surface area (Å²) in [6.07, 6.45) is 1.96. The Balaban J connectivity index is 1.89. The maximum Gasteiger partial charge on any atom is 0.319 e. The summed E-state index contributed by atoms with van der Waals surface area (Å²) in [5, 5.41) is 15.9. The molecule has 0 saturated carbocycles. The van der Waals surface area contributed by atoms with Gasteiger partial charge in [0.1, 0.15) is 5.69 Å². The van der Waals surface area contributed by atoms with Gasteiger partial charge in [0, 0.05) is 19.2 Å². The van der Waals surface area contributed by atoms with E-state index in [1.54, 1.807) is 12.1 Å². The van der Waals surface area contributed by atoms with Gasteiger partial charge in [-0.1, -0.05) is 12.1 Å². The zero-order valence-corrected chi connectivity index (χ0v) is 10.3. The monoisotopic (exact) mass is 265 g/mol. The highest BCUT2D eigenvalue weighted by Gasteiger charge is 2.18. The molecule has 19 heavy (non-hydrogen) atoms. The lowest BCUT2D eigenvalue weighted by Gasteiger charge is -2.11. The Bertz CT molecular complexity index is 472. The molecular formula is C12H15N3O4. The van der Waals surface area contributed by atoms with E-state index in [1.165, 1.54) is 12.1 Å². The molecule has 1 atom stereocenters. The zero-order chi connectivity index (χ0) is 13.7. The number of rotatable bonds is 4. The third-order valence-corrected chi connectivity index (χ3v) is 2.86. The first-order valence-electron chi connectivity index (χ1n) is 6.06. The van der Waals surface area contributed by atoms with Gasteiger partial charge in [0.2, 0.25) is 0 Å². The van der Waals surface area contributed by atoms with Gasteiger partial charge in [-0.25, -0.2) is 4.79 Å². The Morgan fingerprint density at radius 3 is 2.95 bits per heavy atom. The fourth-order valence-electron chi connectivity index (χ4n) is 1.92. The van der Waals surface area contributed by atoms with Crippen LogP contribution in [-0.4, -0.2) is 30.2 Å². The molecule has 2 N–H and O–H groups in total. The molecule has 7 heteroatoms. The van der Waals surface area contributed by atoms with E-state index in [0.717, 1.165) is 19.4 Å². The maximum atomic E-state index is 11.6. The molecule has 0 unspecified atom stereocenters. The minimum absolute atomic E-state index is 0.0384. The lowest BCUT2D eigenvalue weighted by Crippen LogP contribution is -2.35. The highest BCUT2D eigenvalue weighted by Crippen LogP contribution is 2.22. The van der Waals surface area contributed by atoms with E-state index < -0.39 is 11.0 Å². The summed E-state index contributed by atoms with van der Waals surface area (Å²) in [5.41, 5.74) is 0.0482. The van der Waals surface area contributed by atoms with Crippen molar-refractivity contribution in [2.24, 2.45) is 0 Å². The molecule has 2 rings (SSSR count). The third kappa shape index (κ3) is 3.65. The molecule has 1 saturated heterocycles. The third-order valence-electron chi connectivity index (χ3n) is 2.86. The number of urea groups is 1. The summed E-state index contributed by atoms with van der Waals surface area (Å²) in [6, 6.07) is 5.54. The van der Waals surface area contributed by atoms with Crippen LogP contribution in [0.3, 0.4) is 0 Å². The van der Waals surface area contributed by atoms with Crippen LogP contribution >= 0.6 is 0 Å². The lowest BCUT2D eigenvalue weighted by atomic mass is 10.2. The first-order chi connectivity index (χ1) is 9.16. The van der Waals surface area contributed by atoms with E-state index in [-0.39, 0.29) is 17.5 Å². The van der Waals surface area contributed by atoms with E-state index in [9.17, 15) is 14.9 Å². The molecule has 1 heterocycles. The number of carbonyl (C=O) groups excluding carboxylic acids is 1. The number of amides is 2. The van der Waals surface area contributed by atoms with Crippen molar-refractivity contribution in [3.63, 3.8) is 0 Å². The largest absolute Gasteiger partial charge is 0.376 e. The van der Waals surface area contributed by atoms with Crippen LogP contribution in [0, 0.1) is 10.1 Å². The van der Waals surface area contributed by atoms with Crippen LogP contribution < -0.4 is 10.6 Å². The van der Waals surface area contributed by atoms with Crippen molar-refractivity contribution in [1.82, 2.24) is 5.32 Å². The summed E-state index contributed by atoms with van der Waals surface area (Å²) in [6.45, 7) is 1.13. The van der Waals surface area contributed by atoms with Crippen LogP contribution in [-0.2, 0) is 4.74 Å². The molecule has 1 aromatic carbocycles. The minimum Gasteiger partial charge on any atom is -0.376 e. The quantitative estimate of drug-likeness (QED) is 0.642. The summed E-state index contributed by atoms with van der Waals surface area (Å²) in [7, 11) is 0. The topological polar surface area (TPSA) is 93.5 Å². The Morgan fingerprint density at radius 1 is 1.47 bits per heavy atom. The zero-order valence-electron chi connectivity index (χ0n) is 10.3. The van der Waals surface area contributed by atoms with Crippen molar-refractivity contribution in [3.8, 4) is 0 Å². The number of carbonyl (C=O) groups is 1. The van der Waals surface area contributed by atoms with Crippen molar-refractivity contribution in [3.05, 3.63) is 34.4 Å². The first-order valence-corrected chi connectivity index (χ1v) is 6.06. The van der Waals surface area contributed by atoms with E-state index in [4.69, 9.17) is 4.74 Å². The highest BCUT2D eigenvalue weighted by atomic mass is 16.6. The van der Waals surface area contributed by atoms with Crippen LogP contribution in [0.5, 0.6) is 0 Å². The van der Waals surface area contributed by atoms with E-state index in [1.807, 2.05) is 0 Å². The van der Waals surface area contributed by atoms with Crippen molar-refractivity contribution in [2.75, 3.05) is 18.5 Å². The van der Waals surface area contributed by atoms with Gasteiger partial charge in [0.25, 0.3) is 5.69 Å². The normalized spacial score (nSPS) is 18.0. The number of ether oxygens (including phenoxy) is 1. The molecule has 1 fully saturated rings. The SMILES string of the molecule is O=C(NC[C@@H]1CCCO1)Nc1ccccc1[N+](=O)[O-]. The molecule has 0 aliphatic carbocycles. The van der Waals surface area contributed by atoms with Crippen molar-refractivity contribution < 1.29 is 14.5 Å². The number of nitrogens with one attached hydrogen (secondary N) is 2. The van der Waals surface area contributed by atoms with Crippen molar-refractivity contribution in [2.45, 2.75) is 18.9 Å². The van der Waals surface area contributed by atoms with Gasteiger partial charge in [-0.2, -0.15) is 0 Å². The molecule has 102 valence electrons. The molecule has 2 amide bonds. The number of nitro groups is 1. The standard InChI is InChI=1S/C12H15N3O4/c16-12(13-8-9-4-3-7-19-9)14-10-5-1-2-6-11(10)15(17)18/h1-2,5-6,9H,3-4,7-8H2,(H2,13,14,16)/t9-/m0/s1. The van der Waals surface area contributed by atoms with Crippen LogP contribution in [0.15, 0.2) is 24.3 Å². The van der Waals surface area contributed by atoms with Gasteiger partial charge in [-0.15, -0.1) is 0 Å². The van der Waals surface area contributed by atoms with Crippen molar-refractivity contribution >= 4 is 17.4 Å². The van der Waals surface area contributed by atoms with Gasteiger partial charge in [0.05, 0.1) is 11.0 Å². The number of benzene rings is 1. The van der Waals surface area contributed by atoms with E-state index >= 15 is 0 Å². The van der Waals surface area contributed by atoms with E-state index in [2.05, 4.69) is 10.6 Å². The van der Waals surface area contributed by atoms with Crippen LogP contribution in [0.1, 0.15) is 12.8 Å². The molecule has 1 aliphatic rings. The fourth-order valence-corrected chi connectivity index (χ4v) is 1.92. The second kappa shape index (κ2) is 6.14. The molecule has 7 nitrogen and oxygen atoms in total. The average Bonchev–Trinajstić information content (AvgIpc) is 2.90. The predicted molar refractivity (Wildman–Crippen MR) is 69.1 cm³/mol. The number of nitro benzene ring substituents is 1. The highest BCUT2D eigenvalue weighted by molar-refractivity contribution is 5.91. The van der Waals surface area contributed by atoms with Crippen LogP contribution in [0.4, 0.5) is 16.2 Å². The number of anilines is 1. The maximum absolute atomic E-state index is 11.6. The van der Waals surface area contributed by atoms with Gasteiger partial charge >= 0.3 is 6.03 Å². The summed E-state index contributed by atoms with van der Waals surface area (Å²) < 4.78 is 5.36. The number of hydrogen-bond acceptors (Lipinski definition) is 4. The smallest absolute Gasteiger partial charge is 0.319 e. The molecule has 1 aliphatic heterocycles. The Hall–Kier alpha value is -2.15. The Kier molecular flexibility index (Phi) is 4.30. The molecule has 0 spiro atoms. The molecule has 0 aromatic heterocycles. The summed E-state index contributed by atoms with van der Waals surface area (Å²) in [5.74, 6) is 0. The lowest BCUT2D eigenvalue weighted by molar-refractivity contribution is -0.383. The Labute approximate surface area is 110 Å². The average molecular weight is 265 g/mol. The predicted octanol–water partition coefficient (Wildman–Crippen LogP) is 1.90. The number of hydrogen-bond donors (Lipinski definition) is 2. The second-order valence-corrected chi connectivity index (χ2v) is 4.24.